The van der Waals surface area contributed by atoms with Crippen molar-refractivity contribution in [3.05, 3.63) is 71.5 Å². The average Bonchev–Trinajstić information content (AvgIpc) is 3.10. The van der Waals surface area contributed by atoms with Gasteiger partial charge in [0.25, 0.3) is 5.91 Å². The van der Waals surface area contributed by atoms with Crippen molar-refractivity contribution in [2.24, 2.45) is 0 Å². The highest BCUT2D eigenvalue weighted by molar-refractivity contribution is 5.96. The lowest BCUT2D eigenvalue weighted by atomic mass is 10.0. The lowest BCUT2D eigenvalue weighted by molar-refractivity contribution is -0.131. The van der Waals surface area contributed by atoms with E-state index in [0.29, 0.717) is 12.1 Å². The van der Waals surface area contributed by atoms with Crippen LogP contribution in [0.1, 0.15) is 34.8 Å². The molecule has 1 heterocycles. The van der Waals surface area contributed by atoms with Crippen LogP contribution in [0, 0.1) is 5.82 Å². The smallest absolute Gasteiger partial charge is 0.251 e. The van der Waals surface area contributed by atoms with Gasteiger partial charge in [0, 0.05) is 12.1 Å². The fourth-order valence-corrected chi connectivity index (χ4v) is 3.05. The molecule has 0 saturated carbocycles. The number of nitrogens with one attached hydrogen (secondary N) is 1. The summed E-state index contributed by atoms with van der Waals surface area (Å²) >= 11 is 0. The first-order valence-electron chi connectivity index (χ1n) is 8.03. The van der Waals surface area contributed by atoms with Crippen molar-refractivity contribution in [3.63, 3.8) is 0 Å². The Morgan fingerprint density at radius 3 is 2.50 bits per heavy atom. The van der Waals surface area contributed by atoms with Crippen LogP contribution in [-0.2, 0) is 4.79 Å². The predicted molar refractivity (Wildman–Crippen MR) is 88.9 cm³/mol. The molecule has 5 heteroatoms. The van der Waals surface area contributed by atoms with E-state index >= 15 is 0 Å². The molecule has 4 nitrogen and oxygen atoms in total. The zero-order chi connectivity index (χ0) is 16.9. The zero-order valence-electron chi connectivity index (χ0n) is 13.2. The molecule has 0 bridgehead atoms. The Balaban J connectivity index is 1.60. The molecule has 1 atom stereocenters. The summed E-state index contributed by atoms with van der Waals surface area (Å²) in [6.07, 6.45) is 1.89. The molecule has 3 rings (SSSR count). The Bertz CT molecular complexity index is 716. The van der Waals surface area contributed by atoms with Crippen molar-refractivity contribution in [1.29, 1.82) is 0 Å². The molecule has 1 fully saturated rings. The maximum atomic E-state index is 12.9. The summed E-state index contributed by atoms with van der Waals surface area (Å²) in [6, 6.07) is 15.2. The fraction of sp³-hybridized carbons (Fsp3) is 0.263. The monoisotopic (exact) mass is 326 g/mol. The Hall–Kier alpha value is -2.69. The van der Waals surface area contributed by atoms with E-state index in [1.807, 2.05) is 35.2 Å². The Morgan fingerprint density at radius 2 is 1.79 bits per heavy atom. The molecule has 0 aromatic heterocycles. The number of hydrogen-bond donors (Lipinski definition) is 1. The van der Waals surface area contributed by atoms with Crippen molar-refractivity contribution < 1.29 is 14.0 Å². The number of likely N-dealkylation sites (tertiary alicyclic amines) is 1. The van der Waals surface area contributed by atoms with E-state index in [4.69, 9.17) is 0 Å². The van der Waals surface area contributed by atoms with Gasteiger partial charge in [-0.3, -0.25) is 9.59 Å². The van der Waals surface area contributed by atoms with Gasteiger partial charge in [0.05, 0.1) is 12.6 Å². The third kappa shape index (κ3) is 3.62. The summed E-state index contributed by atoms with van der Waals surface area (Å²) in [4.78, 5) is 26.3. The lowest BCUT2D eigenvalue weighted by Crippen LogP contribution is -2.39. The molecule has 2 amide bonds. The summed E-state index contributed by atoms with van der Waals surface area (Å²) < 4.78 is 12.9. The first kappa shape index (κ1) is 16.2. The van der Waals surface area contributed by atoms with Crippen LogP contribution in [0.4, 0.5) is 4.39 Å². The highest BCUT2D eigenvalue weighted by Crippen LogP contribution is 2.31. The van der Waals surface area contributed by atoms with Gasteiger partial charge in [-0.1, -0.05) is 30.3 Å². The van der Waals surface area contributed by atoms with E-state index in [2.05, 4.69) is 5.32 Å². The minimum Gasteiger partial charge on any atom is -0.343 e. The van der Waals surface area contributed by atoms with E-state index < -0.39 is 5.82 Å². The summed E-state index contributed by atoms with van der Waals surface area (Å²) in [5.41, 5.74) is 1.46. The van der Waals surface area contributed by atoms with Crippen LogP contribution >= 0.6 is 0 Å². The van der Waals surface area contributed by atoms with Gasteiger partial charge in [-0.15, -0.1) is 0 Å². The maximum Gasteiger partial charge on any atom is 0.251 e. The van der Waals surface area contributed by atoms with Crippen molar-refractivity contribution in [2.75, 3.05) is 13.1 Å². The summed E-state index contributed by atoms with van der Waals surface area (Å²) in [5, 5.41) is 2.61. The first-order valence-corrected chi connectivity index (χ1v) is 8.03. The minimum atomic E-state index is -0.398. The second-order valence-electron chi connectivity index (χ2n) is 5.85. The normalized spacial score (nSPS) is 16.9. The third-order valence-corrected chi connectivity index (χ3v) is 4.26. The zero-order valence-corrected chi connectivity index (χ0v) is 13.2. The highest BCUT2D eigenvalue weighted by atomic mass is 19.1. The van der Waals surface area contributed by atoms with Gasteiger partial charge in [-0.05, 0) is 42.7 Å². The van der Waals surface area contributed by atoms with Gasteiger partial charge in [0.2, 0.25) is 5.91 Å². The number of benzene rings is 2. The number of rotatable bonds is 4. The standard InChI is InChI=1S/C19H19FN2O2/c20-16-10-8-15(9-11-16)19(24)21-13-18(23)22-12-4-7-17(22)14-5-2-1-3-6-14/h1-3,5-6,8-11,17H,4,7,12-13H2,(H,21,24). The van der Waals surface area contributed by atoms with Gasteiger partial charge in [0.15, 0.2) is 0 Å². The molecule has 124 valence electrons. The third-order valence-electron chi connectivity index (χ3n) is 4.26. The SMILES string of the molecule is O=C(NCC(=O)N1CCCC1c1ccccc1)c1ccc(F)cc1. The second-order valence-corrected chi connectivity index (χ2v) is 5.85. The van der Waals surface area contributed by atoms with Crippen LogP contribution in [0.5, 0.6) is 0 Å². The van der Waals surface area contributed by atoms with Gasteiger partial charge >= 0.3 is 0 Å². The van der Waals surface area contributed by atoms with Crippen LogP contribution in [0.3, 0.4) is 0 Å². The quantitative estimate of drug-likeness (QED) is 0.939. The van der Waals surface area contributed by atoms with Crippen molar-refractivity contribution in [3.8, 4) is 0 Å². The van der Waals surface area contributed by atoms with Crippen molar-refractivity contribution in [2.45, 2.75) is 18.9 Å². The molecular weight excluding hydrogens is 307 g/mol. The first-order chi connectivity index (χ1) is 11.6. The number of carbonyl (C=O) groups is 2. The topological polar surface area (TPSA) is 49.4 Å². The molecule has 2 aromatic carbocycles. The Kier molecular flexibility index (Phi) is 4.89. The number of nitrogens with zero attached hydrogens (tertiary/aromatic N) is 1. The van der Waals surface area contributed by atoms with Crippen molar-refractivity contribution >= 4 is 11.8 Å². The van der Waals surface area contributed by atoms with E-state index in [1.54, 1.807) is 0 Å². The summed E-state index contributed by atoms with van der Waals surface area (Å²) in [6.45, 7) is 0.643. The van der Waals surface area contributed by atoms with Crippen LogP contribution in [0.15, 0.2) is 54.6 Å². The Labute approximate surface area is 140 Å². The second kappa shape index (κ2) is 7.25. The molecule has 0 radical (unpaired) electrons. The number of amides is 2. The summed E-state index contributed by atoms with van der Waals surface area (Å²) in [5.74, 6) is -0.874. The van der Waals surface area contributed by atoms with Crippen molar-refractivity contribution in [1.82, 2.24) is 10.2 Å². The largest absolute Gasteiger partial charge is 0.343 e. The molecule has 1 aliphatic heterocycles. The molecule has 1 saturated heterocycles. The highest BCUT2D eigenvalue weighted by Gasteiger charge is 2.29. The van der Waals surface area contributed by atoms with Gasteiger partial charge < -0.3 is 10.2 Å². The molecule has 24 heavy (non-hydrogen) atoms. The van der Waals surface area contributed by atoms with Gasteiger partial charge in [-0.2, -0.15) is 0 Å². The molecule has 1 N–H and O–H groups in total. The molecule has 1 unspecified atom stereocenters. The fourth-order valence-electron chi connectivity index (χ4n) is 3.05. The van der Waals surface area contributed by atoms with E-state index in [0.717, 1.165) is 18.4 Å². The molecule has 1 aliphatic rings. The Morgan fingerprint density at radius 1 is 1.08 bits per heavy atom. The van der Waals surface area contributed by atoms with Gasteiger partial charge in [-0.25, -0.2) is 4.39 Å². The number of halogens is 1. The average molecular weight is 326 g/mol. The van der Waals surface area contributed by atoms with E-state index in [-0.39, 0.29) is 24.4 Å². The van der Waals surface area contributed by atoms with Gasteiger partial charge in [0.1, 0.15) is 5.82 Å². The van der Waals surface area contributed by atoms with Crippen LogP contribution < -0.4 is 5.32 Å². The molecule has 0 spiro atoms. The van der Waals surface area contributed by atoms with Crippen LogP contribution in [0.2, 0.25) is 0 Å². The summed E-state index contributed by atoms with van der Waals surface area (Å²) in [7, 11) is 0. The minimum absolute atomic E-state index is 0.0560. The van der Waals surface area contributed by atoms with E-state index in [1.165, 1.54) is 24.3 Å². The molecule has 0 aliphatic carbocycles. The van der Waals surface area contributed by atoms with Crippen LogP contribution in [0.25, 0.3) is 0 Å². The number of hydrogen-bond acceptors (Lipinski definition) is 2. The number of carbonyl (C=O) groups excluding carboxylic acids is 2. The predicted octanol–water partition coefficient (Wildman–Crippen LogP) is 2.92. The van der Waals surface area contributed by atoms with Crippen LogP contribution in [-0.4, -0.2) is 29.8 Å². The van der Waals surface area contributed by atoms with E-state index in [9.17, 15) is 14.0 Å². The maximum absolute atomic E-state index is 12.9. The molecule has 2 aromatic rings. The molecular formula is C19H19FN2O2. The lowest BCUT2D eigenvalue weighted by Gasteiger charge is -2.25.